The molecule has 0 aromatic carbocycles. The molecule has 0 aliphatic rings. The number of nitrogens with zero attached hydrogens (tertiary/aromatic N) is 1. The minimum Gasteiger partial charge on any atom is -0.315 e. The highest BCUT2D eigenvalue weighted by Gasteiger charge is 1.96. The van der Waals surface area contributed by atoms with Gasteiger partial charge in [-0.05, 0) is 39.9 Å². The first kappa shape index (κ1) is 9.66. The van der Waals surface area contributed by atoms with E-state index in [1.54, 1.807) is 27.0 Å². The van der Waals surface area contributed by atoms with Gasteiger partial charge in [-0.1, -0.05) is 23.0 Å². The lowest BCUT2D eigenvalue weighted by molar-refractivity contribution is 1.08. The van der Waals surface area contributed by atoms with Crippen LogP contribution in [-0.2, 0) is 0 Å². The Labute approximate surface area is 86.7 Å². The van der Waals surface area contributed by atoms with Crippen LogP contribution in [0.15, 0.2) is 5.16 Å². The quantitative estimate of drug-likeness (QED) is 0.496. The fourth-order valence-electron chi connectivity index (χ4n) is 0.370. The number of aromatic nitrogens is 2. The monoisotopic (exact) mass is 240 g/mol. The van der Waals surface area contributed by atoms with Crippen molar-refractivity contribution in [3.05, 3.63) is 3.95 Å². The Hall–Kier alpha value is 0.570. The van der Waals surface area contributed by atoms with Gasteiger partial charge in [0.25, 0.3) is 0 Å². The summed E-state index contributed by atoms with van der Waals surface area (Å²) in [5.41, 5.74) is 0. The molecule has 0 saturated carbocycles. The molecule has 0 aliphatic heterocycles. The van der Waals surface area contributed by atoms with E-state index >= 15 is 0 Å². The molecule has 1 aromatic rings. The SMILES string of the molecule is S=CCSSc1nsc(=S)[nH]1. The first-order valence-electron chi connectivity index (χ1n) is 2.62. The molecular weight excluding hydrogens is 236 g/mol. The number of rotatable bonds is 4. The van der Waals surface area contributed by atoms with Crippen LogP contribution < -0.4 is 0 Å². The van der Waals surface area contributed by atoms with E-state index in [0.717, 1.165) is 14.9 Å². The highest BCUT2D eigenvalue weighted by molar-refractivity contribution is 8.76. The van der Waals surface area contributed by atoms with Crippen molar-refractivity contribution in [2.45, 2.75) is 5.16 Å². The maximum atomic E-state index is 4.86. The van der Waals surface area contributed by atoms with Crippen molar-refractivity contribution < 1.29 is 0 Å². The first-order valence-corrected chi connectivity index (χ1v) is 6.59. The minimum atomic E-state index is 0.718. The van der Waals surface area contributed by atoms with Gasteiger partial charge in [-0.3, -0.25) is 0 Å². The van der Waals surface area contributed by atoms with E-state index in [1.807, 2.05) is 0 Å². The van der Waals surface area contributed by atoms with Crippen LogP contribution in [0.4, 0.5) is 0 Å². The molecule has 0 radical (unpaired) electrons. The lowest BCUT2D eigenvalue weighted by Gasteiger charge is -1.88. The fraction of sp³-hybridized carbons (Fsp3) is 0.250. The Morgan fingerprint density at radius 3 is 3.09 bits per heavy atom. The summed E-state index contributed by atoms with van der Waals surface area (Å²) in [5.74, 6) is 0.845. The lowest BCUT2D eigenvalue weighted by atomic mass is 11.0. The third-order valence-corrected chi connectivity index (χ3v) is 4.06. The number of nitrogens with one attached hydrogen (secondary N) is 1. The Balaban J connectivity index is 2.38. The van der Waals surface area contributed by atoms with E-state index in [0.29, 0.717) is 0 Å². The molecule has 0 saturated heterocycles. The van der Waals surface area contributed by atoms with Crippen molar-refractivity contribution in [3.63, 3.8) is 0 Å². The zero-order valence-corrected chi connectivity index (χ0v) is 9.36. The van der Waals surface area contributed by atoms with Crippen LogP contribution in [0.25, 0.3) is 0 Å². The van der Waals surface area contributed by atoms with Crippen LogP contribution in [0.3, 0.4) is 0 Å². The normalized spacial score (nSPS) is 9.82. The second kappa shape index (κ2) is 5.26. The second-order valence-electron chi connectivity index (χ2n) is 1.43. The molecular formula is C4H4N2S5. The molecule has 60 valence electrons. The van der Waals surface area contributed by atoms with Crippen molar-refractivity contribution in [2.24, 2.45) is 0 Å². The number of aromatic amines is 1. The maximum Gasteiger partial charge on any atom is 0.189 e. The van der Waals surface area contributed by atoms with Gasteiger partial charge in [0.2, 0.25) is 0 Å². The Morgan fingerprint density at radius 1 is 1.73 bits per heavy atom. The van der Waals surface area contributed by atoms with Crippen molar-refractivity contribution in [2.75, 3.05) is 5.75 Å². The second-order valence-corrected chi connectivity index (χ2v) is 5.54. The molecule has 0 atom stereocenters. The van der Waals surface area contributed by atoms with E-state index in [2.05, 4.69) is 21.6 Å². The number of hydrogen-bond acceptors (Lipinski definition) is 6. The molecule has 2 nitrogen and oxygen atoms in total. The summed E-state index contributed by atoms with van der Waals surface area (Å²) in [6, 6.07) is 0. The zero-order valence-electron chi connectivity index (χ0n) is 5.27. The fourth-order valence-corrected chi connectivity index (χ4v) is 3.28. The van der Waals surface area contributed by atoms with E-state index in [1.165, 1.54) is 11.5 Å². The summed E-state index contributed by atoms with van der Waals surface area (Å²) >= 11 is 10.8. The number of hydrogen-bond donors (Lipinski definition) is 1. The molecule has 1 rings (SSSR count). The van der Waals surface area contributed by atoms with Gasteiger partial charge >= 0.3 is 0 Å². The van der Waals surface area contributed by atoms with E-state index < -0.39 is 0 Å². The molecule has 0 amide bonds. The Morgan fingerprint density at radius 2 is 2.55 bits per heavy atom. The van der Waals surface area contributed by atoms with Gasteiger partial charge in [-0.25, -0.2) is 0 Å². The summed E-state index contributed by atoms with van der Waals surface area (Å²) in [6.07, 6.45) is 0. The topological polar surface area (TPSA) is 28.7 Å². The minimum absolute atomic E-state index is 0.718. The Kier molecular flexibility index (Phi) is 4.61. The van der Waals surface area contributed by atoms with Crippen LogP contribution in [0.2, 0.25) is 0 Å². The van der Waals surface area contributed by atoms with Crippen molar-refractivity contribution in [1.29, 1.82) is 0 Å². The average Bonchev–Trinajstić information content (AvgIpc) is 2.37. The van der Waals surface area contributed by atoms with Gasteiger partial charge in [0, 0.05) is 5.75 Å². The summed E-state index contributed by atoms with van der Waals surface area (Å²) in [4.78, 5) is 2.95. The molecule has 0 unspecified atom stereocenters. The van der Waals surface area contributed by atoms with Gasteiger partial charge in [0.1, 0.15) is 0 Å². The van der Waals surface area contributed by atoms with Gasteiger partial charge in [-0.2, -0.15) is 4.37 Å². The molecule has 0 fully saturated rings. The predicted molar refractivity (Wildman–Crippen MR) is 59.3 cm³/mol. The zero-order chi connectivity index (χ0) is 8.10. The summed E-state index contributed by atoms with van der Waals surface area (Å²) in [6.45, 7) is 0. The van der Waals surface area contributed by atoms with Gasteiger partial charge in [0.15, 0.2) is 9.11 Å². The van der Waals surface area contributed by atoms with E-state index in [9.17, 15) is 0 Å². The van der Waals surface area contributed by atoms with Crippen molar-refractivity contribution >= 4 is 62.9 Å². The van der Waals surface area contributed by atoms with E-state index in [-0.39, 0.29) is 0 Å². The van der Waals surface area contributed by atoms with E-state index in [4.69, 9.17) is 12.2 Å². The van der Waals surface area contributed by atoms with Crippen LogP contribution in [0.5, 0.6) is 0 Å². The maximum absolute atomic E-state index is 4.86. The number of H-pyrrole nitrogens is 1. The van der Waals surface area contributed by atoms with Gasteiger partial charge in [0.05, 0.1) is 0 Å². The third-order valence-electron chi connectivity index (χ3n) is 0.694. The van der Waals surface area contributed by atoms with Crippen molar-refractivity contribution in [1.82, 2.24) is 9.36 Å². The highest BCUT2D eigenvalue weighted by Crippen LogP contribution is 2.27. The molecule has 7 heteroatoms. The molecule has 0 aliphatic carbocycles. The molecule has 11 heavy (non-hydrogen) atoms. The molecule has 0 spiro atoms. The van der Waals surface area contributed by atoms with Crippen LogP contribution in [0.1, 0.15) is 0 Å². The largest absolute Gasteiger partial charge is 0.315 e. The standard InChI is InChI=1S/C4H4N2S5/c7-1-2-9-11-3-5-4(8)10-6-3/h1H,2H2,(H,5,6,8). The summed E-state index contributed by atoms with van der Waals surface area (Å²) in [5, 5.41) is 2.56. The molecule has 1 N–H and O–H groups in total. The van der Waals surface area contributed by atoms with Crippen LogP contribution in [0, 0.1) is 3.95 Å². The molecule has 1 aromatic heterocycles. The summed E-state index contributed by atoms with van der Waals surface area (Å²) in [7, 11) is 3.20. The van der Waals surface area contributed by atoms with Gasteiger partial charge in [-0.15, -0.1) is 0 Å². The summed E-state index contributed by atoms with van der Waals surface area (Å²) < 4.78 is 4.78. The molecule has 1 heterocycles. The number of thiocarbonyl (C=S) groups is 1. The van der Waals surface area contributed by atoms with Crippen molar-refractivity contribution in [3.8, 4) is 0 Å². The first-order chi connectivity index (χ1) is 5.33. The third kappa shape index (κ3) is 3.66. The molecule has 0 bridgehead atoms. The van der Waals surface area contributed by atoms with Crippen LogP contribution in [-0.4, -0.2) is 20.5 Å². The highest BCUT2D eigenvalue weighted by atomic mass is 33.1. The Bertz CT molecular complexity index is 276. The smallest absolute Gasteiger partial charge is 0.189 e. The van der Waals surface area contributed by atoms with Crippen LogP contribution >= 0.6 is 57.6 Å². The predicted octanol–water partition coefficient (Wildman–Crippen LogP) is 2.94. The average molecular weight is 240 g/mol. The lowest BCUT2D eigenvalue weighted by Crippen LogP contribution is -1.72. The van der Waals surface area contributed by atoms with Gasteiger partial charge < -0.3 is 4.98 Å².